The van der Waals surface area contributed by atoms with E-state index in [4.69, 9.17) is 4.74 Å². The Morgan fingerprint density at radius 1 is 0.923 bits per heavy atom. The highest BCUT2D eigenvalue weighted by Crippen LogP contribution is 2.37. The van der Waals surface area contributed by atoms with E-state index < -0.39 is 8.07 Å². The Kier molecular flexibility index (Phi) is 5.30. The quantitative estimate of drug-likeness (QED) is 0.551. The van der Waals surface area contributed by atoms with Crippen LogP contribution in [0.25, 0.3) is 0 Å². The molecule has 2 atom stereocenters. The zero-order valence-corrected chi connectivity index (χ0v) is 18.6. The molecule has 1 aliphatic heterocycles. The predicted molar refractivity (Wildman–Crippen MR) is 108 cm³/mol. The fraction of sp³-hybridized carbons (Fsp3) is 0.619. The normalized spacial score (nSPS) is 18.1. The van der Waals surface area contributed by atoms with Crippen molar-refractivity contribution in [3.05, 3.63) is 35.4 Å². The summed E-state index contributed by atoms with van der Waals surface area (Å²) in [5.74, 6) is -0.432. The third-order valence-electron chi connectivity index (χ3n) is 5.72. The second kappa shape index (κ2) is 6.61. The molecule has 0 aromatic heterocycles. The average molecular weight is 376 g/mol. The van der Waals surface area contributed by atoms with Crippen molar-refractivity contribution >= 4 is 19.9 Å². The molecule has 2 unspecified atom stereocenters. The van der Waals surface area contributed by atoms with Crippen molar-refractivity contribution in [2.45, 2.75) is 78.6 Å². The van der Waals surface area contributed by atoms with Gasteiger partial charge in [0.05, 0.1) is 36.6 Å². The first-order valence-electron chi connectivity index (χ1n) is 9.33. The van der Waals surface area contributed by atoms with Gasteiger partial charge in [-0.1, -0.05) is 52.5 Å². The number of benzene rings is 1. The zero-order valence-electron chi connectivity index (χ0n) is 17.6. The Bertz CT molecular complexity index is 678. The second-order valence-electron chi connectivity index (χ2n) is 9.92. The number of nitrogens with zero attached hydrogens (tertiary/aromatic N) is 1. The van der Waals surface area contributed by atoms with Gasteiger partial charge >= 0.3 is 0 Å². The standard InChI is InChI=1S/C21H33NO3Si/c1-14(25-21(5,6)26(7,8)9)17(20(2,3)4)22-18(23)15-12-10-11-13-16(15)19(22)24/h10-14,17H,1-9H3. The van der Waals surface area contributed by atoms with Gasteiger partial charge in [-0.25, -0.2) is 0 Å². The van der Waals surface area contributed by atoms with Crippen LogP contribution in [-0.4, -0.2) is 42.2 Å². The number of hydrogen-bond donors (Lipinski definition) is 0. The Labute approximate surface area is 158 Å². The number of imide groups is 1. The summed E-state index contributed by atoms with van der Waals surface area (Å²) < 4.78 is 6.51. The van der Waals surface area contributed by atoms with Crippen LogP contribution in [0.4, 0.5) is 0 Å². The van der Waals surface area contributed by atoms with E-state index in [9.17, 15) is 9.59 Å². The molecule has 144 valence electrons. The minimum atomic E-state index is -1.60. The second-order valence-corrected chi connectivity index (χ2v) is 15.6. The van der Waals surface area contributed by atoms with Gasteiger partial charge in [0, 0.05) is 0 Å². The van der Waals surface area contributed by atoms with Gasteiger partial charge in [0.25, 0.3) is 11.8 Å². The minimum absolute atomic E-state index is 0.216. The lowest BCUT2D eigenvalue weighted by Crippen LogP contribution is -2.58. The van der Waals surface area contributed by atoms with Crippen molar-refractivity contribution in [1.82, 2.24) is 4.90 Å². The summed E-state index contributed by atoms with van der Waals surface area (Å²) in [6.45, 7) is 19.2. The number of rotatable bonds is 5. The lowest BCUT2D eigenvalue weighted by Gasteiger charge is -2.46. The van der Waals surface area contributed by atoms with Crippen LogP contribution in [0.3, 0.4) is 0 Å². The molecule has 26 heavy (non-hydrogen) atoms. The molecule has 0 bridgehead atoms. The van der Waals surface area contributed by atoms with Crippen LogP contribution in [-0.2, 0) is 4.74 Å². The molecule has 0 N–H and O–H groups in total. The van der Waals surface area contributed by atoms with Crippen LogP contribution in [0.15, 0.2) is 24.3 Å². The van der Waals surface area contributed by atoms with Gasteiger partial charge in [-0.3, -0.25) is 14.5 Å². The number of fused-ring (bicyclic) bond motifs is 1. The molecule has 1 aliphatic rings. The number of carbonyl (C=O) groups excluding carboxylic acids is 2. The monoisotopic (exact) mass is 375 g/mol. The smallest absolute Gasteiger partial charge is 0.261 e. The fourth-order valence-electron chi connectivity index (χ4n) is 3.47. The Morgan fingerprint density at radius 3 is 1.69 bits per heavy atom. The molecule has 0 saturated heterocycles. The molecule has 4 nitrogen and oxygen atoms in total. The van der Waals surface area contributed by atoms with Gasteiger partial charge in [-0.15, -0.1) is 0 Å². The van der Waals surface area contributed by atoms with Crippen LogP contribution in [0.5, 0.6) is 0 Å². The molecule has 0 radical (unpaired) electrons. The molecule has 1 aromatic carbocycles. The Hall–Kier alpha value is -1.46. The summed E-state index contributed by atoms with van der Waals surface area (Å²) in [5.41, 5.74) is 0.675. The maximum Gasteiger partial charge on any atom is 0.261 e. The first-order valence-corrected chi connectivity index (χ1v) is 12.8. The minimum Gasteiger partial charge on any atom is -0.374 e. The highest BCUT2D eigenvalue weighted by atomic mass is 28.3. The average Bonchev–Trinajstić information content (AvgIpc) is 2.70. The van der Waals surface area contributed by atoms with Gasteiger partial charge < -0.3 is 4.74 Å². The van der Waals surface area contributed by atoms with Crippen molar-refractivity contribution < 1.29 is 14.3 Å². The summed E-state index contributed by atoms with van der Waals surface area (Å²) >= 11 is 0. The number of amides is 2. The van der Waals surface area contributed by atoms with Gasteiger partial charge in [0.15, 0.2) is 0 Å². The summed E-state index contributed by atoms with van der Waals surface area (Å²) in [7, 11) is -1.60. The molecule has 1 heterocycles. The maximum atomic E-state index is 13.0. The SMILES string of the molecule is CC(OC(C)(C)[Si](C)(C)C)C(N1C(=O)c2ccccc2C1=O)C(C)(C)C. The Balaban J connectivity index is 2.42. The molecule has 0 saturated carbocycles. The third kappa shape index (κ3) is 3.65. The molecule has 5 heteroatoms. The topological polar surface area (TPSA) is 46.6 Å². The molecule has 2 amide bonds. The van der Waals surface area contributed by atoms with E-state index in [0.717, 1.165) is 0 Å². The van der Waals surface area contributed by atoms with Crippen molar-refractivity contribution in [3.8, 4) is 0 Å². The van der Waals surface area contributed by atoms with Gasteiger partial charge in [-0.2, -0.15) is 0 Å². The summed E-state index contributed by atoms with van der Waals surface area (Å²) in [5, 5.41) is -0.269. The van der Waals surface area contributed by atoms with E-state index in [1.165, 1.54) is 4.90 Å². The largest absolute Gasteiger partial charge is 0.374 e. The van der Waals surface area contributed by atoms with E-state index in [-0.39, 0.29) is 34.6 Å². The summed E-state index contributed by atoms with van der Waals surface area (Å²) in [6, 6.07) is 6.71. The summed E-state index contributed by atoms with van der Waals surface area (Å²) in [4.78, 5) is 27.5. The maximum absolute atomic E-state index is 13.0. The van der Waals surface area contributed by atoms with E-state index in [1.54, 1.807) is 24.3 Å². The van der Waals surface area contributed by atoms with Crippen LogP contribution in [0.1, 0.15) is 62.3 Å². The van der Waals surface area contributed by atoms with Crippen molar-refractivity contribution in [2.75, 3.05) is 0 Å². The van der Waals surface area contributed by atoms with Crippen LogP contribution < -0.4 is 0 Å². The van der Waals surface area contributed by atoms with Crippen LogP contribution in [0.2, 0.25) is 19.6 Å². The zero-order chi connectivity index (χ0) is 20.1. The lowest BCUT2D eigenvalue weighted by molar-refractivity contribution is -0.0741. The molecule has 1 aromatic rings. The number of hydrogen-bond acceptors (Lipinski definition) is 3. The Morgan fingerprint density at radius 2 is 1.35 bits per heavy atom. The van der Waals surface area contributed by atoms with Crippen LogP contribution >= 0.6 is 0 Å². The van der Waals surface area contributed by atoms with Crippen molar-refractivity contribution in [3.63, 3.8) is 0 Å². The van der Waals surface area contributed by atoms with E-state index in [1.807, 2.05) is 6.92 Å². The molecule has 0 aliphatic carbocycles. The first-order chi connectivity index (χ1) is 11.7. The van der Waals surface area contributed by atoms with E-state index in [2.05, 4.69) is 54.3 Å². The number of carbonyl (C=O) groups is 2. The fourth-order valence-corrected chi connectivity index (χ4v) is 4.01. The highest BCUT2D eigenvalue weighted by molar-refractivity contribution is 6.78. The third-order valence-corrected chi connectivity index (χ3v) is 9.45. The molecule has 2 rings (SSSR count). The van der Waals surface area contributed by atoms with Crippen molar-refractivity contribution in [1.29, 1.82) is 0 Å². The number of ether oxygens (including phenoxy) is 1. The highest BCUT2D eigenvalue weighted by Gasteiger charge is 2.48. The molecule has 0 spiro atoms. The van der Waals surface area contributed by atoms with E-state index in [0.29, 0.717) is 11.1 Å². The molecular formula is C21H33NO3Si. The lowest BCUT2D eigenvalue weighted by atomic mass is 9.82. The van der Waals surface area contributed by atoms with Crippen molar-refractivity contribution in [2.24, 2.45) is 5.41 Å². The molecule has 0 fully saturated rings. The first kappa shape index (κ1) is 20.8. The van der Waals surface area contributed by atoms with E-state index >= 15 is 0 Å². The van der Waals surface area contributed by atoms with Gasteiger partial charge in [0.1, 0.15) is 0 Å². The van der Waals surface area contributed by atoms with Gasteiger partial charge in [-0.05, 0) is 38.3 Å². The predicted octanol–water partition coefficient (Wildman–Crippen LogP) is 4.76. The van der Waals surface area contributed by atoms with Crippen LogP contribution in [0, 0.1) is 5.41 Å². The van der Waals surface area contributed by atoms with Gasteiger partial charge in [0.2, 0.25) is 0 Å². The molecular weight excluding hydrogens is 342 g/mol. The summed E-state index contributed by atoms with van der Waals surface area (Å²) in [6.07, 6.45) is -0.265.